The van der Waals surface area contributed by atoms with Gasteiger partial charge in [0.2, 0.25) is 0 Å². The molecule has 0 N–H and O–H groups in total. The molecule has 2 bridgehead atoms. The third kappa shape index (κ3) is 5.26. The van der Waals surface area contributed by atoms with Gasteiger partial charge in [-0.2, -0.15) is 0 Å². The van der Waals surface area contributed by atoms with Crippen LogP contribution in [0.1, 0.15) is 55.8 Å². The minimum absolute atomic E-state index is 0.597. The van der Waals surface area contributed by atoms with Crippen molar-refractivity contribution in [2.75, 3.05) is 0 Å². The summed E-state index contributed by atoms with van der Waals surface area (Å²) in [5.74, 6) is 2.68. The summed E-state index contributed by atoms with van der Waals surface area (Å²) < 4.78 is 21.6. The summed E-state index contributed by atoms with van der Waals surface area (Å²) in [5.41, 5.74) is 11.6. The lowest BCUT2D eigenvalue weighted by molar-refractivity contribution is 0.205. The molecule has 0 saturated heterocycles. The van der Waals surface area contributed by atoms with E-state index in [2.05, 4.69) is 93.9 Å². The molecular formula is C34H38N2O3Si. The highest BCUT2D eigenvalue weighted by Crippen LogP contribution is 2.41. The summed E-state index contributed by atoms with van der Waals surface area (Å²) in [6.07, 6.45) is 2.54. The molecule has 40 heavy (non-hydrogen) atoms. The van der Waals surface area contributed by atoms with Crippen LogP contribution in [0, 0.1) is 41.5 Å². The number of aromatic nitrogens is 1. The van der Waals surface area contributed by atoms with E-state index in [0.29, 0.717) is 12.5 Å². The molecular weight excluding hydrogens is 512 g/mol. The number of hydrogen-bond donors (Lipinski definition) is 0. The molecule has 3 aliphatic heterocycles. The van der Waals surface area contributed by atoms with Crippen molar-refractivity contribution in [3.05, 3.63) is 117 Å². The fourth-order valence-corrected chi connectivity index (χ4v) is 9.12. The highest BCUT2D eigenvalue weighted by atomic mass is 28.4. The molecule has 5 nitrogen and oxygen atoms in total. The monoisotopic (exact) mass is 550 g/mol. The second kappa shape index (κ2) is 10.4. The Morgan fingerprint density at radius 1 is 0.650 bits per heavy atom. The average Bonchev–Trinajstić information content (AvgIpc) is 2.89. The van der Waals surface area contributed by atoms with Crippen LogP contribution in [0.15, 0.2) is 60.8 Å². The van der Waals surface area contributed by atoms with Crippen molar-refractivity contribution in [2.24, 2.45) is 0 Å². The first-order chi connectivity index (χ1) is 19.2. The normalized spacial score (nSPS) is 19.6. The van der Waals surface area contributed by atoms with Crippen LogP contribution in [0.4, 0.5) is 0 Å². The van der Waals surface area contributed by atoms with E-state index in [9.17, 15) is 0 Å². The molecule has 0 unspecified atom stereocenters. The van der Waals surface area contributed by atoms with E-state index in [0.717, 1.165) is 59.3 Å². The van der Waals surface area contributed by atoms with Crippen LogP contribution < -0.4 is 13.3 Å². The Morgan fingerprint density at radius 3 is 1.50 bits per heavy atom. The second-order valence-corrected chi connectivity index (χ2v) is 14.1. The molecule has 3 aromatic carbocycles. The van der Waals surface area contributed by atoms with E-state index < -0.39 is 8.80 Å². The Hall–Kier alpha value is -3.61. The molecule has 0 aliphatic carbocycles. The largest absolute Gasteiger partial charge is 0.699 e. The summed E-state index contributed by atoms with van der Waals surface area (Å²) in [7, 11) is -3.46. The van der Waals surface area contributed by atoms with Gasteiger partial charge in [-0.15, -0.1) is 0 Å². The van der Waals surface area contributed by atoms with Crippen LogP contribution in [0.2, 0.25) is 6.04 Å². The van der Waals surface area contributed by atoms with Crippen molar-refractivity contribution in [1.29, 1.82) is 0 Å². The van der Waals surface area contributed by atoms with Crippen molar-refractivity contribution < 1.29 is 13.3 Å². The van der Waals surface area contributed by atoms with Gasteiger partial charge in [-0.25, -0.2) is 0 Å². The number of nitrogens with zero attached hydrogens (tertiary/aromatic N) is 2. The Kier molecular flexibility index (Phi) is 6.93. The van der Waals surface area contributed by atoms with Gasteiger partial charge in [0.25, 0.3) is 0 Å². The van der Waals surface area contributed by atoms with Crippen molar-refractivity contribution in [3.8, 4) is 17.2 Å². The lowest BCUT2D eigenvalue weighted by Gasteiger charge is -2.38. The number of hydrogen-bond acceptors (Lipinski definition) is 5. The van der Waals surface area contributed by atoms with Crippen LogP contribution in [-0.2, 0) is 26.1 Å². The smallest absolute Gasteiger partial charge is 0.483 e. The molecule has 0 amide bonds. The van der Waals surface area contributed by atoms with E-state index in [4.69, 9.17) is 13.3 Å². The van der Waals surface area contributed by atoms with Crippen LogP contribution in [0.3, 0.4) is 0 Å². The van der Waals surface area contributed by atoms with Crippen LogP contribution in [0.25, 0.3) is 0 Å². The van der Waals surface area contributed by atoms with Crippen molar-refractivity contribution in [1.82, 2.24) is 9.88 Å². The summed E-state index contributed by atoms with van der Waals surface area (Å²) in [6.45, 7) is 15.2. The minimum atomic E-state index is -3.46. The van der Waals surface area contributed by atoms with E-state index >= 15 is 0 Å². The van der Waals surface area contributed by atoms with Gasteiger partial charge in [0.05, 0.1) is 6.04 Å². The first-order valence-electron chi connectivity index (χ1n) is 14.2. The SMILES string of the molecule is Cc1cc(C)c2c(c1)CN1Cc3cc(C)cc(C)c3O[Si](CCc3ccccn3)(O2)Oc2c(C)cc(C)cc2C1. The molecule has 0 fully saturated rings. The third-order valence-electron chi connectivity index (χ3n) is 7.86. The van der Waals surface area contributed by atoms with Gasteiger partial charge in [0, 0.05) is 48.2 Å². The minimum Gasteiger partial charge on any atom is -0.483 e. The first kappa shape index (κ1) is 26.6. The zero-order valence-corrected chi connectivity index (χ0v) is 25.4. The summed E-state index contributed by atoms with van der Waals surface area (Å²) in [4.78, 5) is 7.12. The molecule has 7 rings (SSSR count). The van der Waals surface area contributed by atoms with E-state index in [1.165, 1.54) is 33.4 Å². The van der Waals surface area contributed by atoms with Gasteiger partial charge in [-0.1, -0.05) is 59.2 Å². The molecule has 1 aromatic heterocycles. The maximum Gasteiger partial charge on any atom is 0.699 e. The van der Waals surface area contributed by atoms with Gasteiger partial charge < -0.3 is 13.3 Å². The summed E-state index contributed by atoms with van der Waals surface area (Å²) >= 11 is 0. The summed E-state index contributed by atoms with van der Waals surface area (Å²) in [6, 6.07) is 20.0. The number of pyridine rings is 1. The highest BCUT2D eigenvalue weighted by molar-refractivity contribution is 6.63. The molecule has 6 heteroatoms. The molecule has 3 aliphatic rings. The van der Waals surface area contributed by atoms with E-state index in [1.54, 1.807) is 0 Å². The molecule has 206 valence electrons. The second-order valence-electron chi connectivity index (χ2n) is 11.7. The topological polar surface area (TPSA) is 43.8 Å². The Morgan fingerprint density at radius 2 is 1.10 bits per heavy atom. The molecule has 0 atom stereocenters. The van der Waals surface area contributed by atoms with Crippen LogP contribution >= 0.6 is 0 Å². The van der Waals surface area contributed by atoms with Gasteiger partial charge in [-0.3, -0.25) is 9.88 Å². The van der Waals surface area contributed by atoms with Crippen LogP contribution in [0.5, 0.6) is 17.2 Å². The lowest BCUT2D eigenvalue weighted by atomic mass is 10.0. The first-order valence-corrected chi connectivity index (χ1v) is 16.1. The maximum absolute atomic E-state index is 7.21. The number of benzene rings is 3. The molecule has 4 heterocycles. The zero-order valence-electron chi connectivity index (χ0n) is 24.4. The van der Waals surface area contributed by atoms with Gasteiger partial charge in [0.1, 0.15) is 17.2 Å². The van der Waals surface area contributed by atoms with E-state index in [-0.39, 0.29) is 0 Å². The Balaban J connectivity index is 1.61. The number of aryl methyl sites for hydroxylation is 7. The van der Waals surface area contributed by atoms with Crippen molar-refractivity contribution in [2.45, 2.75) is 73.6 Å². The van der Waals surface area contributed by atoms with Gasteiger partial charge in [-0.05, 0) is 76.8 Å². The Bertz CT molecular complexity index is 1430. The standard InChI is InChI=1S/C34H38N2O3Si/c1-22-13-25(4)32-28(16-22)19-36-20-29-17-23(2)14-26(5)33(29)38-40(37-32,12-10-31-9-7-8-11-35-31)39-34-27(6)15-24(3)18-30(34)21-36/h7-9,11,13-18H,10,12,19-21H2,1-6H3. The molecule has 0 saturated carbocycles. The van der Waals surface area contributed by atoms with Crippen molar-refractivity contribution in [3.63, 3.8) is 0 Å². The van der Waals surface area contributed by atoms with Crippen molar-refractivity contribution >= 4 is 8.80 Å². The molecule has 0 radical (unpaired) electrons. The summed E-state index contributed by atoms with van der Waals surface area (Å²) in [5, 5.41) is 0. The third-order valence-corrected chi connectivity index (χ3v) is 10.3. The molecule has 4 aromatic rings. The zero-order chi connectivity index (χ0) is 28.0. The van der Waals surface area contributed by atoms with Crippen LogP contribution in [-0.4, -0.2) is 18.7 Å². The Labute approximate surface area is 239 Å². The van der Waals surface area contributed by atoms with Gasteiger partial charge in [0.15, 0.2) is 0 Å². The van der Waals surface area contributed by atoms with E-state index in [1.807, 2.05) is 18.3 Å². The quantitative estimate of drug-likeness (QED) is 0.248. The average molecular weight is 551 g/mol. The molecule has 0 spiro atoms. The fourth-order valence-electron chi connectivity index (χ4n) is 6.32. The highest BCUT2D eigenvalue weighted by Gasteiger charge is 2.51. The lowest BCUT2D eigenvalue weighted by Crippen LogP contribution is -2.56. The number of rotatable bonds is 3. The van der Waals surface area contributed by atoms with Gasteiger partial charge >= 0.3 is 8.80 Å². The predicted molar refractivity (Wildman–Crippen MR) is 161 cm³/mol. The predicted octanol–water partition coefficient (Wildman–Crippen LogP) is 7.48. The maximum atomic E-state index is 7.21. The fraction of sp³-hybridized carbons (Fsp3) is 0.324.